The van der Waals surface area contributed by atoms with Crippen LogP contribution in [0.15, 0.2) is 23.1 Å². The van der Waals surface area contributed by atoms with E-state index in [1.807, 2.05) is 20.8 Å². The van der Waals surface area contributed by atoms with Gasteiger partial charge in [0.25, 0.3) is 0 Å². The van der Waals surface area contributed by atoms with Crippen LogP contribution in [0.4, 0.5) is 10.5 Å². The predicted octanol–water partition coefficient (Wildman–Crippen LogP) is 2.82. The first kappa shape index (κ1) is 18.0. The minimum Gasteiger partial charge on any atom is -0.370 e. The Morgan fingerprint density at radius 2 is 2.09 bits per heavy atom. The van der Waals surface area contributed by atoms with Gasteiger partial charge in [0.1, 0.15) is 0 Å². The van der Waals surface area contributed by atoms with Crippen LogP contribution in [0.5, 0.6) is 0 Å². The van der Waals surface area contributed by atoms with Crippen molar-refractivity contribution in [3.63, 3.8) is 0 Å². The normalized spacial score (nSPS) is 23.7. The van der Waals surface area contributed by atoms with Crippen LogP contribution in [0.25, 0.3) is 0 Å². The van der Waals surface area contributed by atoms with Crippen LogP contribution in [0.1, 0.15) is 27.2 Å². The second-order valence-electron chi connectivity index (χ2n) is 6.25. The molecule has 1 aromatic carbocycles. The molecule has 1 aromatic rings. The van der Waals surface area contributed by atoms with Crippen molar-refractivity contribution in [1.29, 1.82) is 0 Å². The summed E-state index contributed by atoms with van der Waals surface area (Å²) < 4.78 is 29.0. The zero-order valence-corrected chi connectivity index (χ0v) is 15.1. The van der Waals surface area contributed by atoms with Crippen molar-refractivity contribution < 1.29 is 17.9 Å². The molecular weight excluding hydrogens is 340 g/mol. The van der Waals surface area contributed by atoms with E-state index in [4.69, 9.17) is 16.3 Å². The number of ether oxygens (including phenoxy) is 1. The van der Waals surface area contributed by atoms with Gasteiger partial charge in [0.05, 0.1) is 27.7 Å². The fraction of sp³-hybridized carbons (Fsp3) is 0.533. The molecule has 0 radical (unpaired) electrons. The van der Waals surface area contributed by atoms with E-state index < -0.39 is 15.9 Å². The summed E-state index contributed by atoms with van der Waals surface area (Å²) in [5.74, 6) is 0. The molecule has 0 heterocycles. The molecule has 1 fully saturated rings. The molecule has 2 amide bonds. The number of sulfone groups is 1. The third-order valence-corrected chi connectivity index (χ3v) is 5.16. The van der Waals surface area contributed by atoms with Crippen LogP contribution in [0.3, 0.4) is 0 Å². The third kappa shape index (κ3) is 4.59. The third-order valence-electron chi connectivity index (χ3n) is 3.59. The molecule has 1 aliphatic rings. The molecule has 2 atom stereocenters. The number of halogens is 1. The Hall–Kier alpha value is -1.31. The SMILES string of the molecule is CC(C)O[C@@]1(C)C[C@H]1NC(=O)Nc1ccc(Cl)c(S(C)(=O)=O)c1. The van der Waals surface area contributed by atoms with Gasteiger partial charge in [-0.15, -0.1) is 0 Å². The topological polar surface area (TPSA) is 84.5 Å². The van der Waals surface area contributed by atoms with Gasteiger partial charge in [-0.05, 0) is 39.0 Å². The Labute approximate surface area is 141 Å². The Balaban J connectivity index is 2.00. The number of hydrogen-bond donors (Lipinski definition) is 2. The standard InChI is InChI=1S/C15H21ClN2O4S/c1-9(2)22-15(3)8-13(15)18-14(19)17-10-5-6-11(16)12(7-10)23(4,20)21/h5-7,9,13H,8H2,1-4H3,(H2,17,18,19)/t13-,15+/m1/s1. The monoisotopic (exact) mass is 360 g/mol. The number of nitrogens with one attached hydrogen (secondary N) is 2. The Morgan fingerprint density at radius 3 is 2.65 bits per heavy atom. The quantitative estimate of drug-likeness (QED) is 0.845. The van der Waals surface area contributed by atoms with Crippen molar-refractivity contribution in [2.45, 2.75) is 49.8 Å². The van der Waals surface area contributed by atoms with E-state index in [9.17, 15) is 13.2 Å². The van der Waals surface area contributed by atoms with Crippen LogP contribution in [-0.2, 0) is 14.6 Å². The summed E-state index contributed by atoms with van der Waals surface area (Å²) in [6.07, 6.45) is 1.90. The van der Waals surface area contributed by atoms with Crippen LogP contribution in [0.2, 0.25) is 5.02 Å². The molecule has 0 aromatic heterocycles. The Morgan fingerprint density at radius 1 is 1.43 bits per heavy atom. The summed E-state index contributed by atoms with van der Waals surface area (Å²) in [7, 11) is -3.46. The second-order valence-corrected chi connectivity index (χ2v) is 8.64. The second kappa shape index (κ2) is 6.30. The van der Waals surface area contributed by atoms with Gasteiger partial charge >= 0.3 is 6.03 Å². The van der Waals surface area contributed by atoms with Crippen molar-refractivity contribution in [1.82, 2.24) is 5.32 Å². The molecule has 1 saturated carbocycles. The maximum absolute atomic E-state index is 12.0. The fourth-order valence-corrected chi connectivity index (χ4v) is 3.71. The predicted molar refractivity (Wildman–Crippen MR) is 89.7 cm³/mol. The number of carbonyl (C=O) groups excluding carboxylic acids is 1. The molecule has 0 spiro atoms. The average Bonchev–Trinajstić information content (AvgIpc) is 2.98. The first-order valence-corrected chi connectivity index (χ1v) is 9.53. The molecule has 128 valence electrons. The number of amides is 2. The molecule has 0 unspecified atom stereocenters. The van der Waals surface area contributed by atoms with E-state index in [1.54, 1.807) is 6.07 Å². The highest BCUT2D eigenvalue weighted by atomic mass is 35.5. The lowest BCUT2D eigenvalue weighted by Gasteiger charge is -2.17. The molecule has 0 bridgehead atoms. The summed E-state index contributed by atoms with van der Waals surface area (Å²) in [6.45, 7) is 5.84. The number of benzene rings is 1. The largest absolute Gasteiger partial charge is 0.370 e. The lowest BCUT2D eigenvalue weighted by molar-refractivity contribution is -0.00450. The summed E-state index contributed by atoms with van der Waals surface area (Å²) in [6, 6.07) is 3.86. The number of carbonyl (C=O) groups is 1. The first-order chi connectivity index (χ1) is 10.5. The molecule has 6 nitrogen and oxygen atoms in total. The van der Waals surface area contributed by atoms with Gasteiger partial charge in [-0.1, -0.05) is 11.6 Å². The Bertz CT molecular complexity index is 720. The molecule has 8 heteroatoms. The van der Waals surface area contributed by atoms with E-state index >= 15 is 0 Å². The van der Waals surface area contributed by atoms with Gasteiger partial charge in [-0.2, -0.15) is 0 Å². The highest BCUT2D eigenvalue weighted by Crippen LogP contribution is 2.40. The minimum absolute atomic E-state index is 0.0173. The number of urea groups is 1. The molecule has 0 saturated heterocycles. The number of anilines is 1. The van der Waals surface area contributed by atoms with E-state index in [-0.39, 0.29) is 27.7 Å². The van der Waals surface area contributed by atoms with Crippen molar-refractivity contribution in [3.05, 3.63) is 23.2 Å². The molecule has 1 aliphatic carbocycles. The maximum atomic E-state index is 12.0. The van der Waals surface area contributed by atoms with Crippen LogP contribution in [0, 0.1) is 0 Å². The van der Waals surface area contributed by atoms with Gasteiger partial charge in [0, 0.05) is 18.4 Å². The molecular formula is C15H21ClN2O4S. The van der Waals surface area contributed by atoms with Crippen molar-refractivity contribution in [3.8, 4) is 0 Å². The smallest absolute Gasteiger partial charge is 0.319 e. The summed E-state index contributed by atoms with van der Waals surface area (Å²) in [5.41, 5.74) is 0.0168. The summed E-state index contributed by atoms with van der Waals surface area (Å²) in [5, 5.41) is 5.55. The van der Waals surface area contributed by atoms with E-state index in [0.29, 0.717) is 5.69 Å². The van der Waals surface area contributed by atoms with Crippen LogP contribution >= 0.6 is 11.6 Å². The van der Waals surface area contributed by atoms with E-state index in [1.165, 1.54) is 12.1 Å². The Kier molecular flexibility index (Phi) is 4.94. The highest BCUT2D eigenvalue weighted by Gasteiger charge is 2.53. The van der Waals surface area contributed by atoms with Crippen LogP contribution < -0.4 is 10.6 Å². The van der Waals surface area contributed by atoms with Crippen molar-refractivity contribution in [2.24, 2.45) is 0 Å². The number of rotatable bonds is 5. The van der Waals surface area contributed by atoms with Gasteiger partial charge in [-0.3, -0.25) is 0 Å². The highest BCUT2D eigenvalue weighted by molar-refractivity contribution is 7.90. The molecule has 0 aliphatic heterocycles. The van der Waals surface area contributed by atoms with Gasteiger partial charge in [0.15, 0.2) is 9.84 Å². The molecule has 2 N–H and O–H groups in total. The molecule has 23 heavy (non-hydrogen) atoms. The van der Waals surface area contributed by atoms with Gasteiger partial charge in [-0.25, -0.2) is 13.2 Å². The average molecular weight is 361 g/mol. The molecule has 2 rings (SSSR count). The first-order valence-electron chi connectivity index (χ1n) is 7.26. The van der Waals surface area contributed by atoms with Crippen LogP contribution in [-0.4, -0.2) is 38.5 Å². The number of hydrogen-bond acceptors (Lipinski definition) is 4. The zero-order chi connectivity index (χ0) is 17.4. The van der Waals surface area contributed by atoms with Gasteiger partial charge < -0.3 is 15.4 Å². The van der Waals surface area contributed by atoms with E-state index in [0.717, 1.165) is 12.7 Å². The lowest BCUT2D eigenvalue weighted by Crippen LogP contribution is -2.36. The summed E-state index contributed by atoms with van der Waals surface area (Å²) in [4.78, 5) is 12.0. The fourth-order valence-electron chi connectivity index (χ4n) is 2.41. The van der Waals surface area contributed by atoms with Crippen molar-refractivity contribution in [2.75, 3.05) is 11.6 Å². The summed E-state index contributed by atoms with van der Waals surface area (Å²) >= 11 is 5.87. The van der Waals surface area contributed by atoms with E-state index in [2.05, 4.69) is 10.6 Å². The lowest BCUT2D eigenvalue weighted by atomic mass is 10.3. The maximum Gasteiger partial charge on any atom is 0.319 e. The van der Waals surface area contributed by atoms with Gasteiger partial charge in [0.2, 0.25) is 0 Å². The minimum atomic E-state index is -3.46. The zero-order valence-electron chi connectivity index (χ0n) is 13.5. The van der Waals surface area contributed by atoms with Crippen molar-refractivity contribution >= 4 is 33.2 Å².